The van der Waals surface area contributed by atoms with E-state index in [1.807, 2.05) is 0 Å². The van der Waals surface area contributed by atoms with Crippen molar-refractivity contribution < 1.29 is 4.70 Å². The van der Waals surface area contributed by atoms with E-state index >= 15 is 0 Å². The molecule has 1 aromatic heterocycles. The Kier molecular flexibility index (Phi) is 2.99. The summed E-state index contributed by atoms with van der Waals surface area (Å²) in [7, 11) is 0. The van der Waals surface area contributed by atoms with Crippen LogP contribution in [0.5, 0.6) is 0 Å². The number of benzene rings is 3. The minimum atomic E-state index is 0. The maximum atomic E-state index is 2.32. The number of aromatic nitrogens is 1. The summed E-state index contributed by atoms with van der Waals surface area (Å²) in [6, 6.07) is 27.7. The molecule has 0 spiro atoms. The molecule has 0 saturated heterocycles. The summed E-state index contributed by atoms with van der Waals surface area (Å²) >= 11 is 0. The average Bonchev–Trinajstić information content (AvgIpc) is 2.83. The fraction of sp³-hybridized carbons (Fsp3) is 0. The second-order valence-corrected chi connectivity index (χ2v) is 4.71. The normalized spacial score (nSPS) is 10.6. The van der Waals surface area contributed by atoms with E-state index in [2.05, 4.69) is 83.4 Å². The second-order valence-electron chi connectivity index (χ2n) is 4.71. The molecule has 0 bridgehead atoms. The first kappa shape index (κ1) is 12.4. The summed E-state index contributed by atoms with van der Waals surface area (Å²) in [4.78, 5) is 0. The molecular formula is C18H14FN. The molecule has 2 heteroatoms. The van der Waals surface area contributed by atoms with Crippen LogP contribution in [0.3, 0.4) is 0 Å². The highest BCUT2D eigenvalue weighted by Gasteiger charge is 2.10. The molecule has 1 nitrogen and oxygen atoms in total. The molecule has 4 rings (SSSR count). The van der Waals surface area contributed by atoms with Gasteiger partial charge in [-0.1, -0.05) is 54.6 Å². The molecule has 0 aliphatic heterocycles. The van der Waals surface area contributed by atoms with Gasteiger partial charge in [-0.2, -0.15) is 0 Å². The van der Waals surface area contributed by atoms with Crippen molar-refractivity contribution in [3.8, 4) is 5.69 Å². The molecule has 4 aromatic rings. The number of fused-ring (bicyclic) bond motifs is 3. The average molecular weight is 263 g/mol. The molecule has 98 valence electrons. The van der Waals surface area contributed by atoms with Crippen LogP contribution in [-0.2, 0) is 0 Å². The SMILES string of the molecule is F.c1ccc(-n2c3ccccc3c3ccccc32)cc1. The summed E-state index contributed by atoms with van der Waals surface area (Å²) in [6.45, 7) is 0. The number of hydrogen-bond donors (Lipinski definition) is 0. The molecule has 0 atom stereocenters. The van der Waals surface area contributed by atoms with E-state index in [1.54, 1.807) is 0 Å². The summed E-state index contributed by atoms with van der Waals surface area (Å²) in [6.07, 6.45) is 0. The summed E-state index contributed by atoms with van der Waals surface area (Å²) in [5, 5.41) is 2.61. The van der Waals surface area contributed by atoms with Crippen molar-refractivity contribution in [3.63, 3.8) is 0 Å². The third-order valence-electron chi connectivity index (χ3n) is 3.59. The van der Waals surface area contributed by atoms with Gasteiger partial charge < -0.3 is 4.57 Å². The summed E-state index contributed by atoms with van der Waals surface area (Å²) < 4.78 is 2.32. The van der Waals surface area contributed by atoms with Crippen LogP contribution in [0.1, 0.15) is 0 Å². The van der Waals surface area contributed by atoms with E-state index in [1.165, 1.54) is 27.5 Å². The lowest BCUT2D eigenvalue weighted by Gasteiger charge is -2.06. The van der Waals surface area contributed by atoms with Gasteiger partial charge in [-0.25, -0.2) is 0 Å². The predicted octanol–water partition coefficient (Wildman–Crippen LogP) is 4.94. The molecule has 20 heavy (non-hydrogen) atoms. The Labute approximate surface area is 116 Å². The molecule has 0 aliphatic carbocycles. The Morgan fingerprint density at radius 1 is 0.500 bits per heavy atom. The lowest BCUT2D eigenvalue weighted by atomic mass is 10.2. The van der Waals surface area contributed by atoms with Crippen molar-refractivity contribution in [2.45, 2.75) is 0 Å². The predicted molar refractivity (Wildman–Crippen MR) is 83.3 cm³/mol. The van der Waals surface area contributed by atoms with Crippen molar-refractivity contribution in [1.29, 1.82) is 0 Å². The van der Waals surface area contributed by atoms with Crippen molar-refractivity contribution in [3.05, 3.63) is 78.9 Å². The van der Waals surface area contributed by atoms with Crippen LogP contribution in [0, 0.1) is 0 Å². The standard InChI is InChI=1S/C18H13N.FH/c1-2-8-14(9-3-1)19-17-12-6-4-10-15(17)16-11-5-7-13-18(16)19;/h1-13H;1H. The maximum absolute atomic E-state index is 2.32. The van der Waals surface area contributed by atoms with Crippen LogP contribution in [0.2, 0.25) is 0 Å². The van der Waals surface area contributed by atoms with Gasteiger partial charge >= 0.3 is 0 Å². The molecule has 0 amide bonds. The molecule has 0 N–H and O–H groups in total. The zero-order valence-electron chi connectivity index (χ0n) is 10.9. The van der Waals surface area contributed by atoms with Gasteiger partial charge in [0.1, 0.15) is 0 Å². The molecular weight excluding hydrogens is 249 g/mol. The third kappa shape index (κ3) is 1.69. The molecule has 0 saturated carbocycles. The van der Waals surface area contributed by atoms with Crippen molar-refractivity contribution in [2.75, 3.05) is 0 Å². The van der Waals surface area contributed by atoms with Crippen LogP contribution in [-0.4, -0.2) is 4.57 Å². The molecule has 0 unspecified atom stereocenters. The molecule has 3 aromatic carbocycles. The van der Waals surface area contributed by atoms with E-state index in [4.69, 9.17) is 0 Å². The highest BCUT2D eigenvalue weighted by Crippen LogP contribution is 2.31. The van der Waals surface area contributed by atoms with E-state index in [9.17, 15) is 0 Å². The lowest BCUT2D eigenvalue weighted by Crippen LogP contribution is -1.92. The number of rotatable bonds is 1. The Morgan fingerprint density at radius 3 is 1.50 bits per heavy atom. The third-order valence-corrected chi connectivity index (χ3v) is 3.59. The molecule has 0 radical (unpaired) electrons. The first-order valence-corrected chi connectivity index (χ1v) is 6.49. The maximum Gasteiger partial charge on any atom is 0.0541 e. The number of para-hydroxylation sites is 3. The number of hydrogen-bond acceptors (Lipinski definition) is 0. The van der Waals surface area contributed by atoms with E-state index in [0.29, 0.717) is 0 Å². The second kappa shape index (κ2) is 4.82. The number of nitrogens with zero attached hydrogens (tertiary/aromatic N) is 1. The van der Waals surface area contributed by atoms with Crippen LogP contribution in [0.15, 0.2) is 78.9 Å². The minimum Gasteiger partial charge on any atom is -0.309 e. The lowest BCUT2D eigenvalue weighted by molar-refractivity contribution is 1.11. The van der Waals surface area contributed by atoms with Gasteiger partial charge in [0.05, 0.1) is 11.0 Å². The first-order valence-electron chi connectivity index (χ1n) is 6.49. The largest absolute Gasteiger partial charge is 0.309 e. The summed E-state index contributed by atoms with van der Waals surface area (Å²) in [5.74, 6) is 0. The zero-order valence-corrected chi connectivity index (χ0v) is 10.9. The fourth-order valence-corrected chi connectivity index (χ4v) is 2.78. The van der Waals surface area contributed by atoms with E-state index in [-0.39, 0.29) is 4.70 Å². The smallest absolute Gasteiger partial charge is 0.0541 e. The summed E-state index contributed by atoms with van der Waals surface area (Å²) in [5.41, 5.74) is 3.73. The monoisotopic (exact) mass is 263 g/mol. The molecule has 0 fully saturated rings. The van der Waals surface area contributed by atoms with Gasteiger partial charge in [-0.15, -0.1) is 0 Å². The number of halogens is 1. The van der Waals surface area contributed by atoms with Gasteiger partial charge in [0.25, 0.3) is 0 Å². The van der Waals surface area contributed by atoms with E-state index < -0.39 is 0 Å². The van der Waals surface area contributed by atoms with Crippen LogP contribution < -0.4 is 0 Å². The highest BCUT2D eigenvalue weighted by molar-refractivity contribution is 6.09. The van der Waals surface area contributed by atoms with Crippen LogP contribution >= 0.6 is 0 Å². The van der Waals surface area contributed by atoms with E-state index in [0.717, 1.165) is 0 Å². The van der Waals surface area contributed by atoms with Crippen molar-refractivity contribution in [2.24, 2.45) is 0 Å². The van der Waals surface area contributed by atoms with Gasteiger partial charge in [-0.3, -0.25) is 4.70 Å². The quantitative estimate of drug-likeness (QED) is 0.458. The minimum absolute atomic E-state index is 0. The Morgan fingerprint density at radius 2 is 0.950 bits per heavy atom. The highest BCUT2D eigenvalue weighted by atomic mass is 19.0. The zero-order chi connectivity index (χ0) is 12.7. The topological polar surface area (TPSA) is 4.93 Å². The first-order chi connectivity index (χ1) is 9.45. The van der Waals surface area contributed by atoms with Gasteiger partial charge in [0.15, 0.2) is 0 Å². The fourth-order valence-electron chi connectivity index (χ4n) is 2.78. The van der Waals surface area contributed by atoms with Crippen molar-refractivity contribution in [1.82, 2.24) is 4.57 Å². The Hall–Kier alpha value is -2.61. The van der Waals surface area contributed by atoms with Gasteiger partial charge in [-0.05, 0) is 24.3 Å². The molecule has 0 aliphatic rings. The Balaban J connectivity index is 0.00000121. The molecule has 1 heterocycles. The van der Waals surface area contributed by atoms with Crippen molar-refractivity contribution >= 4 is 21.8 Å². The van der Waals surface area contributed by atoms with Crippen LogP contribution in [0.25, 0.3) is 27.5 Å². The van der Waals surface area contributed by atoms with Gasteiger partial charge in [0.2, 0.25) is 0 Å². The van der Waals surface area contributed by atoms with Gasteiger partial charge in [0, 0.05) is 16.5 Å². The Bertz CT molecular complexity index is 809. The van der Waals surface area contributed by atoms with Crippen LogP contribution in [0.4, 0.5) is 4.70 Å².